The first-order valence-electron chi connectivity index (χ1n) is 10.3. The van der Waals surface area contributed by atoms with Crippen molar-refractivity contribution in [1.82, 2.24) is 19.7 Å². The van der Waals surface area contributed by atoms with Crippen molar-refractivity contribution < 1.29 is 14.3 Å². The number of aromatic hydroxyl groups is 1. The number of para-hydroxylation sites is 1. The van der Waals surface area contributed by atoms with Crippen molar-refractivity contribution in [1.29, 1.82) is 0 Å². The standard InChI is InChI=1S/C24H19FN6O2/c1-2-5-20(33)30-12-17(9-14-6-3-4-7-19(14)30)31-24-21(23(26)27-13-28-24)22(29-31)15-8-16(25)11-18(32)10-15/h3-4,6-8,10-11,13,17,32H,9,12H2,1H3,(H2,26,27,28). The third kappa shape index (κ3) is 3.51. The van der Waals surface area contributed by atoms with Crippen LogP contribution in [0.25, 0.3) is 22.3 Å². The van der Waals surface area contributed by atoms with Gasteiger partial charge >= 0.3 is 5.91 Å². The Morgan fingerprint density at radius 2 is 2.06 bits per heavy atom. The fourth-order valence-electron chi connectivity index (χ4n) is 4.27. The highest BCUT2D eigenvalue weighted by Gasteiger charge is 2.31. The van der Waals surface area contributed by atoms with Crippen molar-refractivity contribution in [2.24, 2.45) is 0 Å². The number of rotatable bonds is 2. The Labute approximate surface area is 188 Å². The number of phenolic OH excluding ortho intramolecular Hbond substituents is 1. The van der Waals surface area contributed by atoms with Crippen molar-refractivity contribution in [2.45, 2.75) is 19.4 Å². The molecule has 0 fully saturated rings. The zero-order valence-electron chi connectivity index (χ0n) is 17.7. The SMILES string of the molecule is CC#CC(=O)N1CC(n2nc(-c3cc(O)cc(F)c3)c3c(N)ncnc32)Cc2ccccc21. The van der Waals surface area contributed by atoms with E-state index in [1.54, 1.807) is 16.5 Å². The molecule has 0 saturated carbocycles. The molecular weight excluding hydrogens is 423 g/mol. The van der Waals surface area contributed by atoms with Crippen LogP contribution in [0.5, 0.6) is 5.75 Å². The molecule has 8 nitrogen and oxygen atoms in total. The highest BCUT2D eigenvalue weighted by atomic mass is 19.1. The van der Waals surface area contributed by atoms with Crippen molar-refractivity contribution in [3.63, 3.8) is 0 Å². The minimum atomic E-state index is -0.607. The predicted molar refractivity (Wildman–Crippen MR) is 122 cm³/mol. The molecule has 1 atom stereocenters. The maximum absolute atomic E-state index is 14.0. The number of nitrogens with zero attached hydrogens (tertiary/aromatic N) is 5. The van der Waals surface area contributed by atoms with E-state index < -0.39 is 5.82 Å². The molecule has 33 heavy (non-hydrogen) atoms. The van der Waals surface area contributed by atoms with Crippen molar-refractivity contribution in [2.75, 3.05) is 17.2 Å². The summed E-state index contributed by atoms with van der Waals surface area (Å²) in [5.41, 5.74) is 9.09. The largest absolute Gasteiger partial charge is 0.508 e. The molecule has 1 unspecified atom stereocenters. The second kappa shape index (κ2) is 7.91. The number of hydrogen-bond donors (Lipinski definition) is 2. The van der Waals surface area contributed by atoms with E-state index in [-0.39, 0.29) is 23.5 Å². The van der Waals surface area contributed by atoms with Crippen LogP contribution >= 0.6 is 0 Å². The molecule has 0 bridgehead atoms. The first-order chi connectivity index (χ1) is 16.0. The zero-order valence-corrected chi connectivity index (χ0v) is 17.7. The van der Waals surface area contributed by atoms with Gasteiger partial charge in [0.15, 0.2) is 5.65 Å². The molecule has 2 aromatic carbocycles. The first-order valence-corrected chi connectivity index (χ1v) is 10.3. The summed E-state index contributed by atoms with van der Waals surface area (Å²) >= 11 is 0. The lowest BCUT2D eigenvalue weighted by Crippen LogP contribution is -2.40. The number of nitrogens with two attached hydrogens (primary N) is 1. The smallest absolute Gasteiger partial charge is 0.302 e. The number of aromatic nitrogens is 4. The molecule has 2 aromatic heterocycles. The van der Waals surface area contributed by atoms with Gasteiger partial charge in [0, 0.05) is 23.9 Å². The molecule has 1 aliphatic heterocycles. The molecule has 3 N–H and O–H groups in total. The van der Waals surface area contributed by atoms with E-state index in [9.17, 15) is 14.3 Å². The molecule has 5 rings (SSSR count). The topological polar surface area (TPSA) is 110 Å². The summed E-state index contributed by atoms with van der Waals surface area (Å²) < 4.78 is 15.7. The normalized spacial score (nSPS) is 15.1. The summed E-state index contributed by atoms with van der Waals surface area (Å²) in [6.45, 7) is 1.94. The minimum Gasteiger partial charge on any atom is -0.508 e. The molecule has 1 amide bonds. The van der Waals surface area contributed by atoms with Crippen LogP contribution in [0.2, 0.25) is 0 Å². The fraction of sp³-hybridized carbons (Fsp3) is 0.167. The Bertz CT molecular complexity index is 1450. The molecule has 4 aromatic rings. The van der Waals surface area contributed by atoms with Crippen LogP contribution in [0.1, 0.15) is 18.5 Å². The number of amides is 1. The average Bonchev–Trinajstić information content (AvgIpc) is 3.19. The Kier molecular flexibility index (Phi) is 4.90. The summed E-state index contributed by atoms with van der Waals surface area (Å²) in [5.74, 6) is 4.31. The van der Waals surface area contributed by atoms with Gasteiger partial charge in [-0.2, -0.15) is 5.10 Å². The van der Waals surface area contributed by atoms with Crippen LogP contribution in [-0.4, -0.2) is 37.3 Å². The number of carbonyl (C=O) groups is 1. The van der Waals surface area contributed by atoms with Crippen molar-refractivity contribution >= 4 is 28.4 Å². The number of carbonyl (C=O) groups excluding carboxylic acids is 1. The van der Waals surface area contributed by atoms with Gasteiger partial charge in [-0.15, -0.1) is 0 Å². The van der Waals surface area contributed by atoms with E-state index in [1.165, 1.54) is 18.5 Å². The maximum Gasteiger partial charge on any atom is 0.302 e. The van der Waals surface area contributed by atoms with Gasteiger partial charge in [0.1, 0.15) is 29.4 Å². The van der Waals surface area contributed by atoms with Crippen LogP contribution in [0.4, 0.5) is 15.9 Å². The summed E-state index contributed by atoms with van der Waals surface area (Å²) in [5, 5.41) is 15.1. The molecule has 9 heteroatoms. The van der Waals surface area contributed by atoms with E-state index in [1.807, 2.05) is 24.3 Å². The van der Waals surface area contributed by atoms with E-state index in [4.69, 9.17) is 10.8 Å². The number of anilines is 2. The Hall–Kier alpha value is -4.45. The first kappa shape index (κ1) is 20.5. The van der Waals surface area contributed by atoms with E-state index in [2.05, 4.69) is 21.8 Å². The molecule has 1 aliphatic rings. The zero-order chi connectivity index (χ0) is 23.1. The second-order valence-electron chi connectivity index (χ2n) is 7.73. The van der Waals surface area contributed by atoms with Crippen LogP contribution < -0.4 is 10.6 Å². The van der Waals surface area contributed by atoms with Gasteiger partial charge in [0.2, 0.25) is 0 Å². The van der Waals surface area contributed by atoms with E-state index >= 15 is 0 Å². The summed E-state index contributed by atoms with van der Waals surface area (Å²) in [4.78, 5) is 22.9. The number of hydrogen-bond acceptors (Lipinski definition) is 6. The Balaban J connectivity index is 1.68. The van der Waals surface area contributed by atoms with Crippen molar-refractivity contribution in [3.05, 3.63) is 60.2 Å². The molecular formula is C24H19FN6O2. The Morgan fingerprint density at radius 1 is 1.24 bits per heavy atom. The van der Waals surface area contributed by atoms with Crippen LogP contribution in [0.15, 0.2) is 48.8 Å². The Morgan fingerprint density at radius 3 is 2.85 bits per heavy atom. The van der Waals surface area contributed by atoms with Gasteiger partial charge < -0.3 is 10.8 Å². The van der Waals surface area contributed by atoms with Crippen LogP contribution in [-0.2, 0) is 11.2 Å². The maximum atomic E-state index is 14.0. The quantitative estimate of drug-likeness (QED) is 0.462. The lowest BCUT2D eigenvalue weighted by Gasteiger charge is -2.33. The fourth-order valence-corrected chi connectivity index (χ4v) is 4.27. The lowest BCUT2D eigenvalue weighted by molar-refractivity contribution is -0.113. The second-order valence-corrected chi connectivity index (χ2v) is 7.73. The van der Waals surface area contributed by atoms with Gasteiger partial charge in [0.05, 0.1) is 11.4 Å². The van der Waals surface area contributed by atoms with Crippen molar-refractivity contribution in [3.8, 4) is 28.8 Å². The number of halogens is 1. The van der Waals surface area contributed by atoms with Gasteiger partial charge in [-0.1, -0.05) is 24.1 Å². The molecule has 0 saturated heterocycles. The van der Waals surface area contributed by atoms with Gasteiger partial charge in [-0.25, -0.2) is 19.0 Å². The van der Waals surface area contributed by atoms with E-state index in [0.717, 1.165) is 17.3 Å². The number of phenols is 1. The summed E-state index contributed by atoms with van der Waals surface area (Å²) in [6, 6.07) is 11.0. The average molecular weight is 442 g/mol. The third-order valence-corrected chi connectivity index (χ3v) is 5.63. The molecule has 164 valence electrons. The highest BCUT2D eigenvalue weighted by molar-refractivity contribution is 6.06. The number of benzene rings is 2. The number of nitrogen functional groups attached to an aromatic ring is 1. The highest BCUT2D eigenvalue weighted by Crippen LogP contribution is 2.37. The lowest BCUT2D eigenvalue weighted by atomic mass is 9.97. The minimum absolute atomic E-state index is 0.186. The van der Waals surface area contributed by atoms with E-state index in [0.29, 0.717) is 35.3 Å². The summed E-state index contributed by atoms with van der Waals surface area (Å²) in [6.07, 6.45) is 1.93. The molecule has 0 aliphatic carbocycles. The predicted octanol–water partition coefficient (Wildman–Crippen LogP) is 3.07. The number of fused-ring (bicyclic) bond motifs is 2. The molecule has 0 spiro atoms. The van der Waals surface area contributed by atoms with Crippen LogP contribution in [0, 0.1) is 17.7 Å². The molecule has 0 radical (unpaired) electrons. The monoisotopic (exact) mass is 442 g/mol. The summed E-state index contributed by atoms with van der Waals surface area (Å²) in [7, 11) is 0. The van der Waals surface area contributed by atoms with Gasteiger partial charge in [-0.3, -0.25) is 9.69 Å². The molecule has 3 heterocycles. The van der Waals surface area contributed by atoms with Crippen LogP contribution in [0.3, 0.4) is 0 Å². The van der Waals surface area contributed by atoms with Gasteiger partial charge in [0.25, 0.3) is 0 Å². The van der Waals surface area contributed by atoms with Gasteiger partial charge in [-0.05, 0) is 43.0 Å². The third-order valence-electron chi connectivity index (χ3n) is 5.63.